The molecular weight excluding hydrogens is 362 g/mol. The fourth-order valence-corrected chi connectivity index (χ4v) is 2.74. The maximum absolute atomic E-state index is 13.3. The molecule has 0 fully saturated rings. The first-order valence-electron chi connectivity index (χ1n) is 8.80. The number of hydrogen-bond acceptors (Lipinski definition) is 4. The molecule has 2 N–H and O–H groups in total. The smallest absolute Gasteiger partial charge is 0.258 e. The predicted molar refractivity (Wildman–Crippen MR) is 105 cm³/mol. The molecule has 28 heavy (non-hydrogen) atoms. The third-order valence-electron chi connectivity index (χ3n) is 4.26. The van der Waals surface area contributed by atoms with Crippen LogP contribution in [0.25, 0.3) is 0 Å². The summed E-state index contributed by atoms with van der Waals surface area (Å²) in [6.07, 6.45) is 2.75. The van der Waals surface area contributed by atoms with Crippen molar-refractivity contribution >= 4 is 23.2 Å². The second-order valence-electron chi connectivity index (χ2n) is 6.70. The summed E-state index contributed by atoms with van der Waals surface area (Å²) in [5.74, 6) is -1.85. The van der Waals surface area contributed by atoms with Crippen LogP contribution in [0.1, 0.15) is 41.3 Å². The second kappa shape index (κ2) is 8.12. The lowest BCUT2D eigenvalue weighted by atomic mass is 9.98. The monoisotopic (exact) mass is 382 g/mol. The topological polar surface area (TPSA) is 66.9 Å². The van der Waals surface area contributed by atoms with Crippen molar-refractivity contribution in [3.05, 3.63) is 77.1 Å². The number of carbonyl (C=O) groups excluding carboxylic acids is 1. The molecule has 0 bridgehead atoms. The molecule has 7 heteroatoms. The van der Waals surface area contributed by atoms with Crippen LogP contribution in [0.3, 0.4) is 0 Å². The van der Waals surface area contributed by atoms with Crippen molar-refractivity contribution < 1.29 is 13.6 Å². The summed E-state index contributed by atoms with van der Waals surface area (Å²) in [4.78, 5) is 20.6. The lowest BCUT2D eigenvalue weighted by Gasteiger charge is -2.16. The molecule has 0 unspecified atom stereocenters. The fraction of sp³-hybridized carbons (Fsp3) is 0.190. The summed E-state index contributed by atoms with van der Waals surface area (Å²) in [6.45, 7) is 6.21. The summed E-state index contributed by atoms with van der Waals surface area (Å²) in [6, 6.07) is 9.18. The minimum atomic E-state index is -1.03. The number of aromatic nitrogens is 2. The van der Waals surface area contributed by atoms with Gasteiger partial charge >= 0.3 is 0 Å². The first-order valence-corrected chi connectivity index (χ1v) is 8.80. The molecule has 1 amide bonds. The van der Waals surface area contributed by atoms with Crippen LogP contribution in [0.15, 0.2) is 48.8 Å². The molecule has 2 aromatic carbocycles. The Morgan fingerprint density at radius 1 is 1.04 bits per heavy atom. The molecule has 5 nitrogen and oxygen atoms in total. The summed E-state index contributed by atoms with van der Waals surface area (Å²) >= 11 is 0. The van der Waals surface area contributed by atoms with Crippen LogP contribution < -0.4 is 10.6 Å². The van der Waals surface area contributed by atoms with E-state index in [0.29, 0.717) is 11.9 Å². The van der Waals surface area contributed by atoms with Gasteiger partial charge in [-0.15, -0.1) is 0 Å². The predicted octanol–water partition coefficient (Wildman–Crippen LogP) is 5.18. The highest BCUT2D eigenvalue weighted by molar-refractivity contribution is 6.03. The molecule has 0 aliphatic carbocycles. The highest BCUT2D eigenvalue weighted by Crippen LogP contribution is 2.29. The number of rotatable bonds is 5. The highest BCUT2D eigenvalue weighted by Gasteiger charge is 2.12. The van der Waals surface area contributed by atoms with Crippen molar-refractivity contribution in [2.75, 3.05) is 10.6 Å². The summed E-state index contributed by atoms with van der Waals surface area (Å²) < 4.78 is 26.2. The standard InChI is InChI=1S/C21H20F2N4O/c1-12(2)16-6-4-5-13(3)19(16)27-21-24-10-14(11-25-21)20(28)26-15-7-8-17(22)18(23)9-15/h4-12H,1-3H3,(H,26,28)(H,24,25,27). The van der Waals surface area contributed by atoms with Crippen molar-refractivity contribution in [3.63, 3.8) is 0 Å². The van der Waals surface area contributed by atoms with Crippen molar-refractivity contribution in [2.45, 2.75) is 26.7 Å². The van der Waals surface area contributed by atoms with Crippen LogP contribution in [0.4, 0.5) is 26.1 Å². The lowest BCUT2D eigenvalue weighted by Crippen LogP contribution is -2.13. The number of aryl methyl sites for hydroxylation is 1. The van der Waals surface area contributed by atoms with Gasteiger partial charge in [0.25, 0.3) is 5.91 Å². The Hall–Kier alpha value is -3.35. The van der Waals surface area contributed by atoms with Gasteiger partial charge in [0.2, 0.25) is 5.95 Å². The normalized spacial score (nSPS) is 10.8. The zero-order valence-corrected chi connectivity index (χ0v) is 15.8. The van der Waals surface area contributed by atoms with Crippen LogP contribution in [0.5, 0.6) is 0 Å². The number of anilines is 3. The van der Waals surface area contributed by atoms with E-state index in [9.17, 15) is 13.6 Å². The van der Waals surface area contributed by atoms with Crippen LogP contribution in [0.2, 0.25) is 0 Å². The number of hydrogen-bond donors (Lipinski definition) is 2. The molecule has 0 aliphatic rings. The first kappa shape index (κ1) is 19.4. The Balaban J connectivity index is 1.75. The molecule has 0 atom stereocenters. The van der Waals surface area contributed by atoms with E-state index in [4.69, 9.17) is 0 Å². The molecule has 0 saturated heterocycles. The zero-order chi connectivity index (χ0) is 20.3. The summed E-state index contributed by atoms with van der Waals surface area (Å²) in [7, 11) is 0. The fourth-order valence-electron chi connectivity index (χ4n) is 2.74. The van der Waals surface area contributed by atoms with E-state index in [-0.39, 0.29) is 11.3 Å². The first-order chi connectivity index (χ1) is 13.3. The van der Waals surface area contributed by atoms with Crippen molar-refractivity contribution in [1.29, 1.82) is 0 Å². The summed E-state index contributed by atoms with van der Waals surface area (Å²) in [5.41, 5.74) is 3.49. The van der Waals surface area contributed by atoms with Gasteiger partial charge in [-0.2, -0.15) is 0 Å². The number of carbonyl (C=O) groups is 1. The maximum atomic E-state index is 13.3. The van der Waals surface area contributed by atoms with Gasteiger partial charge in [0, 0.05) is 29.8 Å². The number of nitrogens with zero attached hydrogens (tertiary/aromatic N) is 2. The van der Waals surface area contributed by atoms with Gasteiger partial charge in [0.05, 0.1) is 5.56 Å². The quantitative estimate of drug-likeness (QED) is 0.638. The van der Waals surface area contributed by atoms with E-state index in [1.165, 1.54) is 18.5 Å². The minimum absolute atomic E-state index is 0.146. The number of para-hydroxylation sites is 1. The lowest BCUT2D eigenvalue weighted by molar-refractivity contribution is 0.102. The van der Waals surface area contributed by atoms with E-state index < -0.39 is 17.5 Å². The molecule has 3 rings (SSSR count). The third-order valence-corrected chi connectivity index (χ3v) is 4.26. The van der Waals surface area contributed by atoms with Gasteiger partial charge in [0.15, 0.2) is 11.6 Å². The van der Waals surface area contributed by atoms with E-state index in [0.717, 1.165) is 28.9 Å². The van der Waals surface area contributed by atoms with Crippen molar-refractivity contribution in [1.82, 2.24) is 9.97 Å². The molecule has 144 valence electrons. The average Bonchev–Trinajstić information content (AvgIpc) is 2.66. The molecular formula is C21H20F2N4O. The molecule has 3 aromatic rings. The number of amides is 1. The number of halogens is 2. The zero-order valence-electron chi connectivity index (χ0n) is 15.8. The van der Waals surface area contributed by atoms with Crippen LogP contribution >= 0.6 is 0 Å². The molecule has 0 aliphatic heterocycles. The molecule has 0 spiro atoms. The number of benzene rings is 2. The van der Waals surface area contributed by atoms with Gasteiger partial charge in [-0.05, 0) is 36.1 Å². The third kappa shape index (κ3) is 4.31. The molecule has 0 radical (unpaired) electrons. The van der Waals surface area contributed by atoms with Gasteiger partial charge in [-0.25, -0.2) is 18.7 Å². The van der Waals surface area contributed by atoms with Gasteiger partial charge in [0.1, 0.15) is 0 Å². The van der Waals surface area contributed by atoms with E-state index in [2.05, 4.69) is 34.4 Å². The van der Waals surface area contributed by atoms with Gasteiger partial charge in [-0.1, -0.05) is 32.0 Å². The Bertz CT molecular complexity index is 1000. The van der Waals surface area contributed by atoms with E-state index >= 15 is 0 Å². The van der Waals surface area contributed by atoms with Gasteiger partial charge < -0.3 is 10.6 Å². The van der Waals surface area contributed by atoms with Gasteiger partial charge in [-0.3, -0.25) is 4.79 Å². The summed E-state index contributed by atoms with van der Waals surface area (Å²) in [5, 5.41) is 5.69. The van der Waals surface area contributed by atoms with Crippen molar-refractivity contribution in [3.8, 4) is 0 Å². The SMILES string of the molecule is Cc1cccc(C(C)C)c1Nc1ncc(C(=O)Nc2ccc(F)c(F)c2)cn1. The number of nitrogens with one attached hydrogen (secondary N) is 2. The molecule has 1 aromatic heterocycles. The van der Waals surface area contributed by atoms with Crippen LogP contribution in [-0.4, -0.2) is 15.9 Å². The Labute approximate surface area is 161 Å². The highest BCUT2D eigenvalue weighted by atomic mass is 19.2. The maximum Gasteiger partial charge on any atom is 0.258 e. The van der Waals surface area contributed by atoms with Crippen LogP contribution in [0, 0.1) is 18.6 Å². The van der Waals surface area contributed by atoms with E-state index in [1.807, 2.05) is 25.1 Å². The Morgan fingerprint density at radius 3 is 2.39 bits per heavy atom. The van der Waals surface area contributed by atoms with Crippen LogP contribution in [-0.2, 0) is 0 Å². The molecule has 0 saturated carbocycles. The largest absolute Gasteiger partial charge is 0.324 e. The van der Waals surface area contributed by atoms with E-state index in [1.54, 1.807) is 0 Å². The Morgan fingerprint density at radius 2 is 1.75 bits per heavy atom. The molecule has 1 heterocycles. The average molecular weight is 382 g/mol. The van der Waals surface area contributed by atoms with Crippen molar-refractivity contribution in [2.24, 2.45) is 0 Å². The minimum Gasteiger partial charge on any atom is -0.324 e. The Kier molecular flexibility index (Phi) is 5.63. The second-order valence-corrected chi connectivity index (χ2v) is 6.70.